The molecule has 0 aromatic heterocycles. The van der Waals surface area contributed by atoms with E-state index in [2.05, 4.69) is 48.3 Å². The van der Waals surface area contributed by atoms with E-state index in [4.69, 9.17) is 0 Å². The van der Waals surface area contributed by atoms with Gasteiger partial charge < -0.3 is 0 Å². The number of nitrogens with zero attached hydrogens (tertiary/aromatic N) is 2. The van der Waals surface area contributed by atoms with Crippen molar-refractivity contribution in [3.63, 3.8) is 0 Å². The van der Waals surface area contributed by atoms with Gasteiger partial charge in [0.2, 0.25) is 0 Å². The minimum atomic E-state index is 0.915. The summed E-state index contributed by atoms with van der Waals surface area (Å²) in [6.07, 6.45) is 0. The highest BCUT2D eigenvalue weighted by molar-refractivity contribution is 5.88. The van der Waals surface area contributed by atoms with Gasteiger partial charge in [-0.05, 0) is 47.9 Å². The highest BCUT2D eigenvalue weighted by atomic mass is 15.1. The van der Waals surface area contributed by atoms with Crippen LogP contribution in [0.2, 0.25) is 0 Å². The van der Waals surface area contributed by atoms with Gasteiger partial charge in [-0.2, -0.15) is 10.2 Å². The zero-order valence-electron chi connectivity index (χ0n) is 9.28. The fraction of sp³-hybridized carbons (Fsp3) is 0.231. The first kappa shape index (κ1) is 9.84. The summed E-state index contributed by atoms with van der Waals surface area (Å²) in [5.74, 6) is 0. The zero-order valence-corrected chi connectivity index (χ0v) is 9.28. The van der Waals surface area contributed by atoms with E-state index >= 15 is 0 Å². The van der Waals surface area contributed by atoms with E-state index in [-0.39, 0.29) is 0 Å². The molecule has 0 saturated heterocycles. The van der Waals surface area contributed by atoms with E-state index in [0.717, 1.165) is 5.69 Å². The van der Waals surface area contributed by atoms with Gasteiger partial charge in [0.15, 0.2) is 0 Å². The van der Waals surface area contributed by atoms with Crippen LogP contribution in [0.25, 0.3) is 10.8 Å². The van der Waals surface area contributed by atoms with E-state index in [1.165, 1.54) is 21.9 Å². The quantitative estimate of drug-likeness (QED) is 0.614. The Bertz CT molecular complexity index is 527. The molecule has 0 radical (unpaired) electrons. The van der Waals surface area contributed by atoms with Crippen molar-refractivity contribution in [3.8, 4) is 0 Å². The molecule has 0 N–H and O–H groups in total. The molecule has 2 heteroatoms. The monoisotopic (exact) mass is 198 g/mol. The third-order valence-corrected chi connectivity index (χ3v) is 2.76. The molecule has 2 rings (SSSR count). The predicted molar refractivity (Wildman–Crippen MR) is 63.9 cm³/mol. The molecular weight excluding hydrogens is 184 g/mol. The molecule has 2 nitrogen and oxygen atoms in total. The van der Waals surface area contributed by atoms with E-state index in [1.54, 1.807) is 7.05 Å². The van der Waals surface area contributed by atoms with Crippen LogP contribution in [0.5, 0.6) is 0 Å². The lowest BCUT2D eigenvalue weighted by molar-refractivity contribution is 1.17. The number of benzene rings is 2. The summed E-state index contributed by atoms with van der Waals surface area (Å²) in [5.41, 5.74) is 3.55. The number of rotatable bonds is 1. The summed E-state index contributed by atoms with van der Waals surface area (Å²) in [6, 6.07) is 10.5. The molecule has 0 saturated carbocycles. The molecule has 0 heterocycles. The Kier molecular flexibility index (Phi) is 2.50. The molecule has 0 unspecified atom stereocenters. The van der Waals surface area contributed by atoms with Crippen molar-refractivity contribution in [3.05, 3.63) is 41.5 Å². The second-order valence-corrected chi connectivity index (χ2v) is 3.71. The minimum absolute atomic E-state index is 0.915. The first-order valence-electron chi connectivity index (χ1n) is 5.02. The van der Waals surface area contributed by atoms with Gasteiger partial charge in [-0.1, -0.05) is 18.2 Å². The van der Waals surface area contributed by atoms with Crippen molar-refractivity contribution in [2.45, 2.75) is 13.8 Å². The number of fused-ring (bicyclic) bond motifs is 1. The zero-order chi connectivity index (χ0) is 10.8. The molecule has 0 aliphatic carbocycles. The fourth-order valence-electron chi connectivity index (χ4n) is 1.74. The highest BCUT2D eigenvalue weighted by Gasteiger charge is 2.01. The SMILES string of the molecule is CN=Nc1ccc2ccc(C)c(C)c2c1. The first-order chi connectivity index (χ1) is 7.22. The van der Waals surface area contributed by atoms with Crippen molar-refractivity contribution in [2.75, 3.05) is 7.05 Å². The maximum Gasteiger partial charge on any atom is 0.0858 e. The van der Waals surface area contributed by atoms with Gasteiger partial charge in [-0.25, -0.2) is 0 Å². The van der Waals surface area contributed by atoms with Gasteiger partial charge in [-0.3, -0.25) is 0 Å². The Balaban J connectivity index is 2.73. The predicted octanol–water partition coefficient (Wildman–Crippen LogP) is 4.17. The highest BCUT2D eigenvalue weighted by Crippen LogP contribution is 2.26. The molecule has 15 heavy (non-hydrogen) atoms. The molecule has 0 atom stereocenters. The van der Waals surface area contributed by atoms with Crippen LogP contribution < -0.4 is 0 Å². The van der Waals surface area contributed by atoms with E-state index in [9.17, 15) is 0 Å². The summed E-state index contributed by atoms with van der Waals surface area (Å²) >= 11 is 0. The lowest BCUT2D eigenvalue weighted by Crippen LogP contribution is -1.82. The Hall–Kier alpha value is -1.70. The summed E-state index contributed by atoms with van der Waals surface area (Å²) in [4.78, 5) is 0. The van der Waals surface area contributed by atoms with Gasteiger partial charge in [0.05, 0.1) is 5.69 Å². The van der Waals surface area contributed by atoms with E-state index in [0.29, 0.717) is 0 Å². The van der Waals surface area contributed by atoms with Gasteiger partial charge >= 0.3 is 0 Å². The van der Waals surface area contributed by atoms with Crippen molar-refractivity contribution < 1.29 is 0 Å². The van der Waals surface area contributed by atoms with Crippen molar-refractivity contribution >= 4 is 16.5 Å². The second kappa shape index (κ2) is 3.81. The van der Waals surface area contributed by atoms with Gasteiger partial charge in [0.25, 0.3) is 0 Å². The van der Waals surface area contributed by atoms with Crippen LogP contribution in [0.3, 0.4) is 0 Å². The first-order valence-corrected chi connectivity index (χ1v) is 5.02. The van der Waals surface area contributed by atoms with Gasteiger partial charge in [-0.15, -0.1) is 0 Å². The summed E-state index contributed by atoms with van der Waals surface area (Å²) in [6.45, 7) is 4.27. The largest absolute Gasteiger partial charge is 0.192 e. The normalized spacial score (nSPS) is 11.4. The Morgan fingerprint density at radius 2 is 1.73 bits per heavy atom. The second-order valence-electron chi connectivity index (χ2n) is 3.71. The molecule has 0 aliphatic rings. The average Bonchev–Trinajstić information content (AvgIpc) is 2.25. The van der Waals surface area contributed by atoms with E-state index < -0.39 is 0 Å². The van der Waals surface area contributed by atoms with Crippen LogP contribution in [0.4, 0.5) is 5.69 Å². The van der Waals surface area contributed by atoms with Crippen LogP contribution in [-0.4, -0.2) is 7.05 Å². The molecule has 0 amide bonds. The topological polar surface area (TPSA) is 24.7 Å². The lowest BCUT2D eigenvalue weighted by Gasteiger charge is -2.05. The van der Waals surface area contributed by atoms with Crippen molar-refractivity contribution in [1.82, 2.24) is 0 Å². The van der Waals surface area contributed by atoms with Crippen LogP contribution in [-0.2, 0) is 0 Å². The summed E-state index contributed by atoms with van der Waals surface area (Å²) in [5, 5.41) is 10.4. The third-order valence-electron chi connectivity index (χ3n) is 2.76. The summed E-state index contributed by atoms with van der Waals surface area (Å²) < 4.78 is 0. The minimum Gasteiger partial charge on any atom is -0.192 e. The molecule has 0 bridgehead atoms. The van der Waals surface area contributed by atoms with E-state index in [1.807, 2.05) is 6.07 Å². The standard InChI is InChI=1S/C13H14N2/c1-9-4-5-11-6-7-12(15-14-3)8-13(11)10(9)2/h4-8H,1-3H3. The molecular formula is C13H14N2. The smallest absolute Gasteiger partial charge is 0.0858 e. The molecule has 0 spiro atoms. The maximum absolute atomic E-state index is 4.05. The number of hydrogen-bond donors (Lipinski definition) is 0. The maximum atomic E-state index is 4.05. The number of hydrogen-bond acceptors (Lipinski definition) is 2. The number of azo groups is 1. The molecule has 0 fully saturated rings. The molecule has 0 aliphatic heterocycles. The van der Waals surface area contributed by atoms with Crippen LogP contribution >= 0.6 is 0 Å². The van der Waals surface area contributed by atoms with Crippen LogP contribution in [0.1, 0.15) is 11.1 Å². The average molecular weight is 198 g/mol. The molecule has 76 valence electrons. The van der Waals surface area contributed by atoms with Gasteiger partial charge in [0.1, 0.15) is 0 Å². The molecule has 2 aromatic carbocycles. The van der Waals surface area contributed by atoms with Gasteiger partial charge in [0, 0.05) is 7.05 Å². The summed E-state index contributed by atoms with van der Waals surface area (Å²) in [7, 11) is 1.69. The lowest BCUT2D eigenvalue weighted by atomic mass is 10.0. The third kappa shape index (κ3) is 1.75. The Morgan fingerprint density at radius 1 is 1.00 bits per heavy atom. The van der Waals surface area contributed by atoms with Crippen molar-refractivity contribution in [1.29, 1.82) is 0 Å². The van der Waals surface area contributed by atoms with Crippen LogP contribution in [0, 0.1) is 13.8 Å². The Morgan fingerprint density at radius 3 is 2.47 bits per heavy atom. The fourth-order valence-corrected chi connectivity index (χ4v) is 1.74. The van der Waals surface area contributed by atoms with Crippen LogP contribution in [0.15, 0.2) is 40.6 Å². The van der Waals surface area contributed by atoms with Crippen molar-refractivity contribution in [2.24, 2.45) is 10.2 Å². The molecule has 2 aromatic rings. The Labute approximate surface area is 89.7 Å². The number of aryl methyl sites for hydroxylation is 2.